The number of rotatable bonds is 4. The highest BCUT2D eigenvalue weighted by Crippen LogP contribution is 2.38. The molecule has 3 heterocycles. The fourth-order valence-electron chi connectivity index (χ4n) is 2.67. The molecule has 0 aliphatic carbocycles. The van der Waals surface area contributed by atoms with Crippen LogP contribution in [-0.4, -0.2) is 46.4 Å². The number of carbonyl (C=O) groups is 2. The maximum Gasteiger partial charge on any atom is 0.167 e. The summed E-state index contributed by atoms with van der Waals surface area (Å²) >= 11 is 0. The number of nitrogens with zero attached hydrogens (tertiary/aromatic N) is 5. The summed E-state index contributed by atoms with van der Waals surface area (Å²) in [6.07, 6.45) is 2.83. The van der Waals surface area contributed by atoms with Gasteiger partial charge >= 0.3 is 0 Å². The van der Waals surface area contributed by atoms with Gasteiger partial charge in [-0.2, -0.15) is 0 Å². The zero-order valence-corrected chi connectivity index (χ0v) is 13.2. The van der Waals surface area contributed by atoms with E-state index in [1.807, 2.05) is 19.0 Å². The molecule has 0 saturated carbocycles. The number of anilines is 1. The van der Waals surface area contributed by atoms with Crippen molar-refractivity contribution in [2.24, 2.45) is 7.05 Å². The van der Waals surface area contributed by atoms with Gasteiger partial charge in [-0.25, -0.2) is 9.97 Å². The van der Waals surface area contributed by atoms with Gasteiger partial charge in [-0.05, 0) is 6.92 Å². The van der Waals surface area contributed by atoms with Crippen molar-refractivity contribution >= 4 is 29.4 Å². The second-order valence-corrected chi connectivity index (χ2v) is 5.35. The van der Waals surface area contributed by atoms with Gasteiger partial charge in [0.15, 0.2) is 12.6 Å². The molecule has 3 rings (SSSR count). The van der Waals surface area contributed by atoms with E-state index in [2.05, 4.69) is 15.1 Å². The molecule has 0 aromatic carbocycles. The van der Waals surface area contributed by atoms with Gasteiger partial charge in [-0.1, -0.05) is 5.16 Å². The Labute approximate surface area is 131 Å². The van der Waals surface area contributed by atoms with Gasteiger partial charge in [-0.15, -0.1) is 0 Å². The van der Waals surface area contributed by atoms with E-state index in [1.54, 1.807) is 18.5 Å². The Balaban J connectivity index is 2.52. The summed E-state index contributed by atoms with van der Waals surface area (Å²) in [7, 11) is 5.41. The first-order chi connectivity index (χ1) is 11.0. The number of hydrogen-bond donors (Lipinski definition) is 0. The minimum absolute atomic E-state index is 0.314. The van der Waals surface area contributed by atoms with Crippen LogP contribution in [0.25, 0.3) is 22.3 Å². The van der Waals surface area contributed by atoms with Crippen LogP contribution in [0.4, 0.5) is 5.82 Å². The first-order valence-electron chi connectivity index (χ1n) is 6.89. The molecule has 0 amide bonds. The van der Waals surface area contributed by atoms with Gasteiger partial charge in [0.2, 0.25) is 0 Å². The Morgan fingerprint density at radius 2 is 1.96 bits per heavy atom. The van der Waals surface area contributed by atoms with Gasteiger partial charge in [0.1, 0.15) is 29.2 Å². The number of fused-ring (bicyclic) bond motifs is 1. The predicted octanol–water partition coefficient (Wildman–Crippen LogP) is 1.62. The maximum absolute atomic E-state index is 11.6. The van der Waals surface area contributed by atoms with Gasteiger partial charge < -0.3 is 14.0 Å². The Hall–Kier alpha value is -3.03. The first kappa shape index (κ1) is 14.9. The standard InChI is InChI=1S/C15H15N5O3/c1-8-9(5-21)13(18-23-8)11-10(6-22)20(4)15-12(11)14(19(2)3)16-7-17-15/h5-7H,1-4H3. The first-order valence-corrected chi connectivity index (χ1v) is 6.89. The maximum atomic E-state index is 11.6. The molecule has 3 aromatic rings. The second kappa shape index (κ2) is 5.31. The van der Waals surface area contributed by atoms with E-state index in [9.17, 15) is 9.59 Å². The average Bonchev–Trinajstić information content (AvgIpc) is 3.04. The van der Waals surface area contributed by atoms with Crippen LogP contribution in [0.3, 0.4) is 0 Å². The van der Waals surface area contributed by atoms with Crippen molar-refractivity contribution in [1.82, 2.24) is 19.7 Å². The predicted molar refractivity (Wildman–Crippen MR) is 83.8 cm³/mol. The van der Waals surface area contributed by atoms with Crippen molar-refractivity contribution in [1.29, 1.82) is 0 Å². The summed E-state index contributed by atoms with van der Waals surface area (Å²) < 4.78 is 6.80. The molecule has 8 nitrogen and oxygen atoms in total. The highest BCUT2D eigenvalue weighted by molar-refractivity contribution is 6.09. The molecule has 8 heteroatoms. The van der Waals surface area contributed by atoms with E-state index >= 15 is 0 Å². The molecule has 0 unspecified atom stereocenters. The van der Waals surface area contributed by atoms with Crippen LogP contribution in [0.5, 0.6) is 0 Å². The third-order valence-corrected chi connectivity index (χ3v) is 3.79. The molecular formula is C15H15N5O3. The van der Waals surface area contributed by atoms with Gasteiger partial charge in [0.05, 0.1) is 16.6 Å². The molecule has 23 heavy (non-hydrogen) atoms. The summed E-state index contributed by atoms with van der Waals surface area (Å²) in [5.74, 6) is 1.03. The van der Waals surface area contributed by atoms with E-state index in [4.69, 9.17) is 4.52 Å². The molecule has 0 bridgehead atoms. The van der Waals surface area contributed by atoms with Crippen molar-refractivity contribution in [2.45, 2.75) is 6.92 Å². The minimum Gasteiger partial charge on any atom is -0.362 e. The lowest BCUT2D eigenvalue weighted by Gasteiger charge is -2.12. The minimum atomic E-state index is 0.314. The van der Waals surface area contributed by atoms with Gasteiger partial charge in [0.25, 0.3) is 0 Å². The Morgan fingerprint density at radius 1 is 1.22 bits per heavy atom. The van der Waals surface area contributed by atoms with Crippen LogP contribution in [-0.2, 0) is 7.05 Å². The molecule has 0 spiro atoms. The lowest BCUT2D eigenvalue weighted by atomic mass is 10.0. The molecule has 3 aromatic heterocycles. The molecule has 0 fully saturated rings. The normalized spacial score (nSPS) is 11.0. The van der Waals surface area contributed by atoms with Crippen LogP contribution < -0.4 is 4.90 Å². The van der Waals surface area contributed by atoms with E-state index in [0.29, 0.717) is 51.4 Å². The smallest absolute Gasteiger partial charge is 0.167 e. The second-order valence-electron chi connectivity index (χ2n) is 5.35. The fraction of sp³-hybridized carbons (Fsp3) is 0.267. The number of aromatic nitrogens is 4. The number of aldehydes is 2. The largest absolute Gasteiger partial charge is 0.362 e. The van der Waals surface area contributed by atoms with Crippen molar-refractivity contribution in [3.05, 3.63) is 23.3 Å². The van der Waals surface area contributed by atoms with Crippen molar-refractivity contribution in [3.8, 4) is 11.3 Å². The highest BCUT2D eigenvalue weighted by Gasteiger charge is 2.26. The summed E-state index contributed by atoms with van der Waals surface area (Å²) in [4.78, 5) is 33.4. The van der Waals surface area contributed by atoms with Crippen LogP contribution >= 0.6 is 0 Å². The third kappa shape index (κ3) is 2.02. The zero-order valence-electron chi connectivity index (χ0n) is 13.2. The number of carbonyl (C=O) groups excluding carboxylic acids is 2. The van der Waals surface area contributed by atoms with E-state index < -0.39 is 0 Å². The zero-order chi connectivity index (χ0) is 16.7. The Bertz CT molecular complexity index is 923. The van der Waals surface area contributed by atoms with Gasteiger partial charge in [-0.3, -0.25) is 9.59 Å². The number of hydrogen-bond acceptors (Lipinski definition) is 7. The Kier molecular flexibility index (Phi) is 3.44. The van der Waals surface area contributed by atoms with Crippen molar-refractivity contribution in [2.75, 3.05) is 19.0 Å². The van der Waals surface area contributed by atoms with Crippen LogP contribution in [0, 0.1) is 6.92 Å². The lowest BCUT2D eigenvalue weighted by molar-refractivity contribution is 0.111. The SMILES string of the molecule is Cc1onc(-c2c(C=O)n(C)c3ncnc(N(C)C)c23)c1C=O. The summed E-state index contributed by atoms with van der Waals surface area (Å²) in [5, 5.41) is 4.63. The fourth-order valence-corrected chi connectivity index (χ4v) is 2.67. The van der Waals surface area contributed by atoms with E-state index in [1.165, 1.54) is 6.33 Å². The quantitative estimate of drug-likeness (QED) is 0.675. The topological polar surface area (TPSA) is 94.1 Å². The van der Waals surface area contributed by atoms with Crippen molar-refractivity contribution < 1.29 is 14.1 Å². The summed E-state index contributed by atoms with van der Waals surface area (Å²) in [6.45, 7) is 1.65. The summed E-state index contributed by atoms with van der Waals surface area (Å²) in [5.41, 5.74) is 2.08. The molecule has 118 valence electrons. The lowest BCUT2D eigenvalue weighted by Crippen LogP contribution is -2.11. The molecule has 0 aliphatic rings. The molecule has 0 N–H and O–H groups in total. The van der Waals surface area contributed by atoms with E-state index in [0.717, 1.165) is 6.29 Å². The molecule has 0 saturated heterocycles. The molecule has 0 atom stereocenters. The number of aryl methyl sites for hydroxylation is 2. The van der Waals surface area contributed by atoms with E-state index in [-0.39, 0.29) is 0 Å². The van der Waals surface area contributed by atoms with Crippen LogP contribution in [0.15, 0.2) is 10.9 Å². The van der Waals surface area contributed by atoms with Crippen LogP contribution in [0.1, 0.15) is 26.6 Å². The monoisotopic (exact) mass is 313 g/mol. The molecule has 0 radical (unpaired) electrons. The molecule has 0 aliphatic heterocycles. The Morgan fingerprint density at radius 3 is 2.57 bits per heavy atom. The summed E-state index contributed by atoms with van der Waals surface area (Å²) in [6, 6.07) is 0. The molecular weight excluding hydrogens is 298 g/mol. The van der Waals surface area contributed by atoms with Crippen molar-refractivity contribution in [3.63, 3.8) is 0 Å². The third-order valence-electron chi connectivity index (χ3n) is 3.79. The average molecular weight is 313 g/mol. The highest BCUT2D eigenvalue weighted by atomic mass is 16.5. The van der Waals surface area contributed by atoms with Crippen LogP contribution in [0.2, 0.25) is 0 Å². The van der Waals surface area contributed by atoms with Gasteiger partial charge in [0, 0.05) is 26.7 Å².